The van der Waals surface area contributed by atoms with Crippen LogP contribution in [0.5, 0.6) is 0 Å². The molecule has 1 aromatic carbocycles. The van der Waals surface area contributed by atoms with Gasteiger partial charge in [-0.25, -0.2) is 0 Å². The normalized spacial score (nSPS) is 14.4. The van der Waals surface area contributed by atoms with Gasteiger partial charge in [-0.2, -0.15) is 0 Å². The average Bonchev–Trinajstić information content (AvgIpc) is 2.18. The third-order valence-electron chi connectivity index (χ3n) is 2.89. The fourth-order valence-electron chi connectivity index (χ4n) is 1.87. The third-order valence-corrected chi connectivity index (χ3v) is 6.86. The van der Waals surface area contributed by atoms with Crippen molar-refractivity contribution in [1.29, 1.82) is 0 Å². The maximum absolute atomic E-state index is 10.2. The Morgan fingerprint density at radius 1 is 1.07 bits per heavy atom. The first-order chi connectivity index (χ1) is 6.46. The van der Waals surface area contributed by atoms with Crippen LogP contribution in [0.25, 0.3) is 0 Å². The molecular weight excluding hydrogens is 188 g/mol. The fraction of sp³-hybridized carbons (Fsp3) is 0.500. The van der Waals surface area contributed by atoms with Gasteiger partial charge in [0.2, 0.25) is 0 Å². The first-order valence-corrected chi connectivity index (χ1v) is 8.27. The van der Waals surface area contributed by atoms with Gasteiger partial charge in [0.1, 0.15) is 8.07 Å². The van der Waals surface area contributed by atoms with Crippen LogP contribution >= 0.6 is 0 Å². The second kappa shape index (κ2) is 4.28. The van der Waals surface area contributed by atoms with Crippen molar-refractivity contribution in [1.82, 2.24) is 0 Å². The predicted molar refractivity (Wildman–Crippen MR) is 64.4 cm³/mol. The monoisotopic (exact) mass is 208 g/mol. The Balaban J connectivity index is 2.96. The molecule has 0 fully saturated rings. The van der Waals surface area contributed by atoms with E-state index in [9.17, 15) is 5.11 Å². The summed E-state index contributed by atoms with van der Waals surface area (Å²) in [5, 5.41) is 11.5. The lowest BCUT2D eigenvalue weighted by Gasteiger charge is -2.31. The van der Waals surface area contributed by atoms with Gasteiger partial charge in [0.25, 0.3) is 0 Å². The quantitative estimate of drug-likeness (QED) is 0.755. The number of rotatable bonds is 3. The van der Waals surface area contributed by atoms with Crippen LogP contribution in [0.4, 0.5) is 0 Å². The van der Waals surface area contributed by atoms with Crippen molar-refractivity contribution in [3.8, 4) is 0 Å². The Kier molecular flexibility index (Phi) is 3.51. The minimum atomic E-state index is -1.69. The van der Waals surface area contributed by atoms with Crippen molar-refractivity contribution in [3.63, 3.8) is 0 Å². The van der Waals surface area contributed by atoms with E-state index in [4.69, 9.17) is 0 Å². The SMILES string of the molecule is CC(C)C(O)[Si](C)(C)c1ccccc1. The van der Waals surface area contributed by atoms with Gasteiger partial charge in [0.15, 0.2) is 0 Å². The summed E-state index contributed by atoms with van der Waals surface area (Å²) in [6.45, 7) is 8.63. The second-order valence-corrected chi connectivity index (χ2v) is 9.39. The van der Waals surface area contributed by atoms with Gasteiger partial charge in [0.05, 0.1) is 5.73 Å². The molecular formula is C12H20OSi. The second-order valence-electron chi connectivity index (χ2n) is 4.78. The van der Waals surface area contributed by atoms with Crippen molar-refractivity contribution >= 4 is 13.3 Å². The smallest absolute Gasteiger partial charge is 0.113 e. The molecule has 78 valence electrons. The first-order valence-electron chi connectivity index (χ1n) is 5.20. The van der Waals surface area contributed by atoms with Crippen LogP contribution in [0.2, 0.25) is 13.1 Å². The maximum atomic E-state index is 10.2. The molecule has 1 aromatic rings. The molecule has 1 rings (SSSR count). The van der Waals surface area contributed by atoms with E-state index < -0.39 is 8.07 Å². The zero-order valence-electron chi connectivity index (χ0n) is 9.49. The Bertz CT molecular complexity index is 280. The summed E-state index contributed by atoms with van der Waals surface area (Å²) in [6, 6.07) is 10.4. The molecule has 1 unspecified atom stereocenters. The van der Waals surface area contributed by atoms with Crippen LogP contribution in [-0.2, 0) is 0 Å². The summed E-state index contributed by atoms with van der Waals surface area (Å²) in [4.78, 5) is 0. The van der Waals surface area contributed by atoms with Crippen LogP contribution < -0.4 is 5.19 Å². The largest absolute Gasteiger partial charge is 0.396 e. The van der Waals surface area contributed by atoms with E-state index in [0.29, 0.717) is 5.92 Å². The lowest BCUT2D eigenvalue weighted by atomic mass is 10.2. The molecule has 0 amide bonds. The van der Waals surface area contributed by atoms with Crippen LogP contribution in [0.15, 0.2) is 30.3 Å². The molecule has 0 radical (unpaired) electrons. The van der Waals surface area contributed by atoms with E-state index >= 15 is 0 Å². The lowest BCUT2D eigenvalue weighted by molar-refractivity contribution is 0.194. The molecule has 1 N–H and O–H groups in total. The minimum Gasteiger partial charge on any atom is -0.396 e. The van der Waals surface area contributed by atoms with Gasteiger partial charge in [-0.05, 0) is 5.92 Å². The highest BCUT2D eigenvalue weighted by Crippen LogP contribution is 2.15. The van der Waals surface area contributed by atoms with Gasteiger partial charge in [-0.15, -0.1) is 0 Å². The first kappa shape index (κ1) is 11.5. The van der Waals surface area contributed by atoms with Crippen LogP contribution in [0.3, 0.4) is 0 Å². The minimum absolute atomic E-state index is 0.162. The summed E-state index contributed by atoms with van der Waals surface area (Å²) < 4.78 is 0. The molecule has 0 aromatic heterocycles. The van der Waals surface area contributed by atoms with E-state index in [-0.39, 0.29) is 5.73 Å². The Morgan fingerprint density at radius 3 is 2.00 bits per heavy atom. The molecule has 0 aliphatic carbocycles. The number of hydrogen-bond acceptors (Lipinski definition) is 1. The summed E-state index contributed by atoms with van der Waals surface area (Å²) in [5.74, 6) is 0.344. The highest BCUT2D eigenvalue weighted by molar-refractivity contribution is 6.90. The van der Waals surface area contributed by atoms with Crippen molar-refractivity contribution in [2.45, 2.75) is 32.7 Å². The van der Waals surface area contributed by atoms with Gasteiger partial charge >= 0.3 is 0 Å². The van der Waals surface area contributed by atoms with Crippen LogP contribution in [0, 0.1) is 5.92 Å². The van der Waals surface area contributed by atoms with E-state index in [2.05, 4.69) is 51.2 Å². The molecule has 0 heterocycles. The van der Waals surface area contributed by atoms with Crippen molar-refractivity contribution in [2.24, 2.45) is 5.92 Å². The molecule has 0 aliphatic heterocycles. The summed E-state index contributed by atoms with van der Waals surface area (Å²) in [6.07, 6.45) is 0. The molecule has 0 spiro atoms. The molecule has 14 heavy (non-hydrogen) atoms. The standard InChI is InChI=1S/C12H20OSi/c1-10(2)12(13)14(3,4)11-8-6-5-7-9-11/h5-10,12-13H,1-4H3. The number of benzene rings is 1. The van der Waals surface area contributed by atoms with Crippen LogP contribution in [0.1, 0.15) is 13.8 Å². The highest BCUT2D eigenvalue weighted by atomic mass is 28.3. The Labute approximate surface area is 87.8 Å². The maximum Gasteiger partial charge on any atom is 0.113 e. The predicted octanol–water partition coefficient (Wildman–Crippen LogP) is 2.16. The number of aliphatic hydroxyl groups is 1. The fourth-order valence-corrected chi connectivity index (χ4v) is 4.93. The summed E-state index contributed by atoms with van der Waals surface area (Å²) >= 11 is 0. The van der Waals surface area contributed by atoms with Gasteiger partial charge < -0.3 is 5.11 Å². The van der Waals surface area contributed by atoms with Gasteiger partial charge in [0, 0.05) is 0 Å². The molecule has 1 atom stereocenters. The molecule has 1 nitrogen and oxygen atoms in total. The van der Waals surface area contributed by atoms with Gasteiger partial charge in [-0.1, -0.05) is 62.5 Å². The number of hydrogen-bond donors (Lipinski definition) is 1. The van der Waals surface area contributed by atoms with Crippen molar-refractivity contribution < 1.29 is 5.11 Å². The Hall–Kier alpha value is -0.603. The molecule has 2 heteroatoms. The van der Waals surface area contributed by atoms with Gasteiger partial charge in [-0.3, -0.25) is 0 Å². The van der Waals surface area contributed by atoms with E-state index in [0.717, 1.165) is 0 Å². The lowest BCUT2D eigenvalue weighted by Crippen LogP contribution is -2.54. The zero-order chi connectivity index (χ0) is 10.8. The van der Waals surface area contributed by atoms with Crippen LogP contribution in [-0.4, -0.2) is 18.9 Å². The third kappa shape index (κ3) is 2.25. The average molecular weight is 208 g/mol. The highest BCUT2D eigenvalue weighted by Gasteiger charge is 2.33. The topological polar surface area (TPSA) is 20.2 Å². The number of aliphatic hydroxyl groups excluding tert-OH is 1. The van der Waals surface area contributed by atoms with Crippen molar-refractivity contribution in [3.05, 3.63) is 30.3 Å². The molecule has 0 saturated carbocycles. The molecule has 0 bridgehead atoms. The zero-order valence-corrected chi connectivity index (χ0v) is 10.5. The van der Waals surface area contributed by atoms with E-state index in [1.54, 1.807) is 0 Å². The molecule has 0 aliphatic rings. The van der Waals surface area contributed by atoms with E-state index in [1.165, 1.54) is 5.19 Å². The molecule has 0 saturated heterocycles. The Morgan fingerprint density at radius 2 is 1.57 bits per heavy atom. The van der Waals surface area contributed by atoms with E-state index in [1.807, 2.05) is 6.07 Å². The van der Waals surface area contributed by atoms with Crippen molar-refractivity contribution in [2.75, 3.05) is 0 Å². The summed E-state index contributed by atoms with van der Waals surface area (Å²) in [7, 11) is -1.69. The summed E-state index contributed by atoms with van der Waals surface area (Å²) in [5.41, 5.74) is -0.162.